The summed E-state index contributed by atoms with van der Waals surface area (Å²) in [5, 5.41) is 4.37. The summed E-state index contributed by atoms with van der Waals surface area (Å²) >= 11 is 18.1. The average molecular weight is 711 g/mol. The second-order valence-corrected chi connectivity index (χ2v) is 11.4. The SMILES string of the molecule is COC(=O)C1=C(C)NC2=C(C(=O)c3ccccc32)[C@H]1c1cc(Br)c(OCc2ccc(Cl)cc2Cl)c(I)c1. The summed E-state index contributed by atoms with van der Waals surface area (Å²) in [6, 6.07) is 16.5. The molecule has 1 aliphatic heterocycles. The Labute approximate surface area is 246 Å². The zero-order valence-electron chi connectivity index (χ0n) is 19.6. The van der Waals surface area contributed by atoms with Crippen molar-refractivity contribution in [2.45, 2.75) is 19.4 Å². The van der Waals surface area contributed by atoms with Crippen molar-refractivity contribution >= 4 is 79.2 Å². The van der Waals surface area contributed by atoms with Crippen LogP contribution in [-0.2, 0) is 16.1 Å². The predicted octanol–water partition coefficient (Wildman–Crippen LogP) is 7.68. The highest BCUT2D eigenvalue weighted by molar-refractivity contribution is 14.1. The fourth-order valence-electron chi connectivity index (χ4n) is 4.72. The van der Waals surface area contributed by atoms with Gasteiger partial charge in [0.25, 0.3) is 0 Å². The van der Waals surface area contributed by atoms with Crippen LogP contribution in [0.2, 0.25) is 10.0 Å². The Bertz CT molecular complexity index is 1530. The van der Waals surface area contributed by atoms with Crippen molar-refractivity contribution in [3.63, 3.8) is 0 Å². The number of ether oxygens (including phenoxy) is 2. The van der Waals surface area contributed by atoms with Crippen LogP contribution < -0.4 is 10.1 Å². The number of methoxy groups -OCH3 is 1. The van der Waals surface area contributed by atoms with Gasteiger partial charge in [-0.3, -0.25) is 4.79 Å². The summed E-state index contributed by atoms with van der Waals surface area (Å²) in [6.07, 6.45) is 0. The third-order valence-electron chi connectivity index (χ3n) is 6.40. The van der Waals surface area contributed by atoms with Crippen molar-refractivity contribution < 1.29 is 19.1 Å². The predicted molar refractivity (Wildman–Crippen MR) is 156 cm³/mol. The molecule has 0 unspecified atom stereocenters. The van der Waals surface area contributed by atoms with Crippen molar-refractivity contribution in [2.75, 3.05) is 7.11 Å². The third-order valence-corrected chi connectivity index (χ3v) is 8.37. The molecule has 5 rings (SSSR count). The molecule has 2 aliphatic rings. The van der Waals surface area contributed by atoms with Crippen molar-refractivity contribution in [1.82, 2.24) is 5.32 Å². The smallest absolute Gasteiger partial charge is 0.336 e. The average Bonchev–Trinajstić information content (AvgIpc) is 3.14. The number of rotatable bonds is 5. The summed E-state index contributed by atoms with van der Waals surface area (Å²) in [7, 11) is 1.34. The van der Waals surface area contributed by atoms with E-state index in [0.717, 1.165) is 26.0 Å². The second-order valence-electron chi connectivity index (χ2n) is 8.59. The van der Waals surface area contributed by atoms with Crippen LogP contribution in [0.4, 0.5) is 0 Å². The Morgan fingerprint density at radius 2 is 1.84 bits per heavy atom. The summed E-state index contributed by atoms with van der Waals surface area (Å²) < 4.78 is 12.7. The number of halogens is 4. The lowest BCUT2D eigenvalue weighted by molar-refractivity contribution is -0.136. The first-order valence-electron chi connectivity index (χ1n) is 11.2. The Balaban J connectivity index is 1.57. The molecule has 1 heterocycles. The number of benzene rings is 3. The molecule has 0 radical (unpaired) electrons. The summed E-state index contributed by atoms with van der Waals surface area (Å²) in [5.74, 6) is -0.594. The number of esters is 1. The number of carbonyl (C=O) groups is 2. The molecule has 0 amide bonds. The van der Waals surface area contributed by atoms with E-state index in [1.165, 1.54) is 7.11 Å². The van der Waals surface area contributed by atoms with Gasteiger partial charge in [0.1, 0.15) is 12.4 Å². The fraction of sp³-hybridized carbons (Fsp3) is 0.143. The number of Topliss-reactive ketones (excluding diaryl/α,β-unsaturated/α-hetero) is 1. The van der Waals surface area contributed by atoms with Crippen LogP contribution in [0, 0.1) is 3.57 Å². The van der Waals surface area contributed by atoms with Gasteiger partial charge in [0.2, 0.25) is 0 Å². The van der Waals surface area contributed by atoms with Gasteiger partial charge in [-0.05, 0) is 75.3 Å². The van der Waals surface area contributed by atoms with Gasteiger partial charge < -0.3 is 14.8 Å². The van der Waals surface area contributed by atoms with Crippen LogP contribution in [-0.4, -0.2) is 18.9 Å². The minimum Gasteiger partial charge on any atom is -0.487 e. The van der Waals surface area contributed by atoms with E-state index in [1.807, 2.05) is 43.3 Å². The molecule has 1 N–H and O–H groups in total. The van der Waals surface area contributed by atoms with E-state index in [0.29, 0.717) is 42.7 Å². The van der Waals surface area contributed by atoms with E-state index in [1.54, 1.807) is 18.2 Å². The van der Waals surface area contributed by atoms with Crippen LogP contribution >= 0.6 is 61.7 Å². The quantitative estimate of drug-likeness (QED) is 0.218. The van der Waals surface area contributed by atoms with Crippen LogP contribution in [0.15, 0.2) is 75.9 Å². The van der Waals surface area contributed by atoms with E-state index >= 15 is 0 Å². The van der Waals surface area contributed by atoms with E-state index in [2.05, 4.69) is 43.8 Å². The standard InChI is InChI=1S/C28H19BrCl2INO4/c1-13-22(28(35)36-2)23(24-25(33-13)17-5-3-4-6-18(17)26(24)34)15-9-19(29)27(21(32)10-15)37-12-14-7-8-16(30)11-20(14)31/h3-11,23,33H,12H2,1-2H3/t23-/m0/s1. The third kappa shape index (κ3) is 4.71. The van der Waals surface area contributed by atoms with Crippen molar-refractivity contribution in [1.29, 1.82) is 0 Å². The maximum Gasteiger partial charge on any atom is 0.336 e. The highest BCUT2D eigenvalue weighted by Crippen LogP contribution is 2.48. The first-order valence-corrected chi connectivity index (χ1v) is 13.8. The van der Waals surface area contributed by atoms with Gasteiger partial charge in [-0.25, -0.2) is 4.79 Å². The zero-order valence-corrected chi connectivity index (χ0v) is 24.9. The topological polar surface area (TPSA) is 64.6 Å². The number of dihydropyridines is 1. The number of allylic oxidation sites excluding steroid dienone is 2. The molecule has 0 fully saturated rings. The maximum absolute atomic E-state index is 13.6. The summed E-state index contributed by atoms with van der Waals surface area (Å²) in [4.78, 5) is 26.6. The Morgan fingerprint density at radius 1 is 1.11 bits per heavy atom. The fourth-order valence-corrected chi connectivity index (χ4v) is 6.95. The lowest BCUT2D eigenvalue weighted by atomic mass is 9.80. The molecule has 0 bridgehead atoms. The molecule has 3 aromatic carbocycles. The van der Waals surface area contributed by atoms with Crippen molar-refractivity contribution in [3.05, 3.63) is 112 Å². The molecule has 1 aliphatic carbocycles. The van der Waals surface area contributed by atoms with Crippen LogP contribution in [0.25, 0.3) is 5.70 Å². The van der Waals surface area contributed by atoms with E-state index in [4.69, 9.17) is 32.7 Å². The maximum atomic E-state index is 13.6. The zero-order chi connectivity index (χ0) is 26.4. The molecule has 5 nitrogen and oxygen atoms in total. The summed E-state index contributed by atoms with van der Waals surface area (Å²) in [6.45, 7) is 2.06. The Morgan fingerprint density at radius 3 is 2.51 bits per heavy atom. The molecule has 1 atom stereocenters. The minimum atomic E-state index is -0.617. The molecule has 0 aromatic heterocycles. The molecule has 0 spiro atoms. The number of hydrogen-bond acceptors (Lipinski definition) is 5. The highest BCUT2D eigenvalue weighted by Gasteiger charge is 2.43. The molecule has 188 valence electrons. The molecule has 0 saturated carbocycles. The molecule has 0 saturated heterocycles. The molecule has 37 heavy (non-hydrogen) atoms. The van der Waals surface area contributed by atoms with Gasteiger partial charge in [0.15, 0.2) is 5.78 Å². The van der Waals surface area contributed by atoms with Crippen LogP contribution in [0.1, 0.15) is 39.9 Å². The number of hydrogen-bond donors (Lipinski definition) is 1. The lowest BCUT2D eigenvalue weighted by Gasteiger charge is -2.29. The largest absolute Gasteiger partial charge is 0.487 e. The van der Waals surface area contributed by atoms with Gasteiger partial charge >= 0.3 is 5.97 Å². The Hall–Kier alpha value is -2.33. The van der Waals surface area contributed by atoms with Crippen LogP contribution in [0.3, 0.4) is 0 Å². The first kappa shape index (κ1) is 26.3. The molecular formula is C28H19BrCl2INO4. The van der Waals surface area contributed by atoms with E-state index in [9.17, 15) is 9.59 Å². The number of carbonyl (C=O) groups excluding carboxylic acids is 2. The normalized spacial score (nSPS) is 16.4. The van der Waals surface area contributed by atoms with E-state index in [-0.39, 0.29) is 12.4 Å². The number of ketones is 1. The molecule has 3 aromatic rings. The van der Waals surface area contributed by atoms with Gasteiger partial charge in [-0.2, -0.15) is 0 Å². The van der Waals surface area contributed by atoms with Gasteiger partial charge in [0, 0.05) is 43.9 Å². The summed E-state index contributed by atoms with van der Waals surface area (Å²) in [5.41, 5.74) is 5.28. The van der Waals surface area contributed by atoms with Crippen LogP contribution in [0.5, 0.6) is 5.75 Å². The molecular weight excluding hydrogens is 692 g/mol. The second kappa shape index (κ2) is 10.4. The van der Waals surface area contributed by atoms with Crippen molar-refractivity contribution in [3.8, 4) is 5.75 Å². The molecule has 9 heteroatoms. The highest BCUT2D eigenvalue weighted by atomic mass is 127. The minimum absolute atomic E-state index is 0.110. The lowest BCUT2D eigenvalue weighted by Crippen LogP contribution is -2.29. The first-order chi connectivity index (χ1) is 17.7. The number of fused-ring (bicyclic) bond motifs is 2. The van der Waals surface area contributed by atoms with E-state index < -0.39 is 11.9 Å². The number of nitrogens with one attached hydrogen (secondary N) is 1. The Kier molecular flexibility index (Phi) is 7.42. The van der Waals surface area contributed by atoms with Gasteiger partial charge in [-0.15, -0.1) is 0 Å². The van der Waals surface area contributed by atoms with Gasteiger partial charge in [0.05, 0.1) is 26.4 Å². The monoisotopic (exact) mass is 709 g/mol. The van der Waals surface area contributed by atoms with Crippen molar-refractivity contribution in [2.24, 2.45) is 0 Å². The van der Waals surface area contributed by atoms with Gasteiger partial charge in [-0.1, -0.05) is 53.5 Å².